The number of fused-ring (bicyclic) bond motifs is 1. The molecule has 2 rings (SSSR count). The van der Waals surface area contributed by atoms with Crippen LogP contribution in [0.2, 0.25) is 0 Å². The molecule has 3 N–H and O–H groups in total. The number of thiazole rings is 1. The Morgan fingerprint density at radius 2 is 2.31 bits per heavy atom. The van der Waals surface area contributed by atoms with Crippen LogP contribution in [0.3, 0.4) is 0 Å². The summed E-state index contributed by atoms with van der Waals surface area (Å²) in [5.41, 5.74) is 7.20. The number of hydrogen-bond donors (Lipinski definition) is 2. The SMILES string of the molecule is Cc1nc2ccc(NC(=O)[C@H](C)N)cc2s1. The first-order valence-corrected chi connectivity index (χ1v) is 5.81. The predicted octanol–water partition coefficient (Wildman–Crippen LogP) is 1.89. The molecule has 1 heterocycles. The van der Waals surface area contributed by atoms with Crippen molar-refractivity contribution in [1.29, 1.82) is 0 Å². The van der Waals surface area contributed by atoms with Gasteiger partial charge in [-0.3, -0.25) is 4.79 Å². The normalized spacial score (nSPS) is 12.7. The number of carbonyl (C=O) groups is 1. The zero-order valence-electron chi connectivity index (χ0n) is 9.15. The molecular formula is C11H13N3OS. The monoisotopic (exact) mass is 235 g/mol. The van der Waals surface area contributed by atoms with Gasteiger partial charge >= 0.3 is 0 Å². The van der Waals surface area contributed by atoms with Crippen LogP contribution in [-0.4, -0.2) is 16.9 Å². The second kappa shape index (κ2) is 4.19. The smallest absolute Gasteiger partial charge is 0.240 e. The number of aromatic nitrogens is 1. The molecule has 5 heteroatoms. The van der Waals surface area contributed by atoms with E-state index in [-0.39, 0.29) is 5.91 Å². The lowest BCUT2D eigenvalue weighted by molar-refractivity contribution is -0.117. The van der Waals surface area contributed by atoms with E-state index < -0.39 is 6.04 Å². The Kier molecular flexibility index (Phi) is 2.89. The minimum absolute atomic E-state index is 0.180. The molecule has 84 valence electrons. The Balaban J connectivity index is 2.29. The Hall–Kier alpha value is -1.46. The summed E-state index contributed by atoms with van der Waals surface area (Å²) in [4.78, 5) is 15.8. The van der Waals surface area contributed by atoms with Gasteiger partial charge in [-0.1, -0.05) is 0 Å². The number of carbonyl (C=O) groups excluding carboxylic acids is 1. The van der Waals surface area contributed by atoms with Crippen LogP contribution in [0.4, 0.5) is 5.69 Å². The highest BCUT2D eigenvalue weighted by molar-refractivity contribution is 7.18. The molecular weight excluding hydrogens is 222 g/mol. The van der Waals surface area contributed by atoms with Crippen molar-refractivity contribution >= 4 is 33.1 Å². The number of aryl methyl sites for hydroxylation is 1. The standard InChI is InChI=1S/C11H13N3OS/c1-6(12)11(15)14-8-3-4-9-10(5-8)16-7(2)13-9/h3-6H,12H2,1-2H3,(H,14,15)/t6-/m0/s1. The topological polar surface area (TPSA) is 68.0 Å². The molecule has 1 aromatic heterocycles. The highest BCUT2D eigenvalue weighted by atomic mass is 32.1. The molecule has 0 aliphatic carbocycles. The summed E-state index contributed by atoms with van der Waals surface area (Å²) in [5.74, 6) is -0.180. The lowest BCUT2D eigenvalue weighted by Gasteiger charge is -2.07. The van der Waals surface area contributed by atoms with Gasteiger partial charge in [0, 0.05) is 5.69 Å². The molecule has 0 radical (unpaired) electrons. The van der Waals surface area contributed by atoms with Crippen LogP contribution in [-0.2, 0) is 4.79 Å². The summed E-state index contributed by atoms with van der Waals surface area (Å²) >= 11 is 1.61. The van der Waals surface area contributed by atoms with Crippen LogP contribution >= 0.6 is 11.3 Å². The van der Waals surface area contributed by atoms with E-state index in [4.69, 9.17) is 5.73 Å². The minimum Gasteiger partial charge on any atom is -0.325 e. The van der Waals surface area contributed by atoms with Gasteiger partial charge in [0.2, 0.25) is 5.91 Å². The average Bonchev–Trinajstić information content (AvgIpc) is 2.57. The first-order chi connectivity index (χ1) is 7.56. The van der Waals surface area contributed by atoms with Gasteiger partial charge in [0.25, 0.3) is 0 Å². The molecule has 0 saturated carbocycles. The second-order valence-corrected chi connectivity index (χ2v) is 4.93. The summed E-state index contributed by atoms with van der Waals surface area (Å²) in [7, 11) is 0. The van der Waals surface area contributed by atoms with E-state index in [0.29, 0.717) is 0 Å². The van der Waals surface area contributed by atoms with Crippen molar-refractivity contribution in [2.75, 3.05) is 5.32 Å². The van der Waals surface area contributed by atoms with E-state index in [2.05, 4.69) is 10.3 Å². The van der Waals surface area contributed by atoms with Gasteiger partial charge in [-0.2, -0.15) is 0 Å². The number of nitrogens with two attached hydrogens (primary N) is 1. The molecule has 0 aliphatic heterocycles. The van der Waals surface area contributed by atoms with Crippen molar-refractivity contribution in [1.82, 2.24) is 4.98 Å². The van der Waals surface area contributed by atoms with Crippen LogP contribution in [0.5, 0.6) is 0 Å². The van der Waals surface area contributed by atoms with E-state index in [9.17, 15) is 4.79 Å². The van der Waals surface area contributed by atoms with E-state index in [1.54, 1.807) is 18.3 Å². The molecule has 0 spiro atoms. The number of rotatable bonds is 2. The Labute approximate surface area is 97.5 Å². The molecule has 1 amide bonds. The predicted molar refractivity (Wildman–Crippen MR) is 66.6 cm³/mol. The summed E-state index contributed by atoms with van der Waals surface area (Å²) in [6.45, 7) is 3.62. The number of benzene rings is 1. The lowest BCUT2D eigenvalue weighted by Crippen LogP contribution is -2.32. The number of nitrogens with one attached hydrogen (secondary N) is 1. The molecule has 4 nitrogen and oxygen atoms in total. The van der Waals surface area contributed by atoms with Crippen molar-refractivity contribution in [3.63, 3.8) is 0 Å². The molecule has 0 unspecified atom stereocenters. The fraction of sp³-hybridized carbons (Fsp3) is 0.273. The highest BCUT2D eigenvalue weighted by Crippen LogP contribution is 2.24. The minimum atomic E-state index is -0.501. The number of amides is 1. The van der Waals surface area contributed by atoms with Crippen molar-refractivity contribution < 1.29 is 4.79 Å². The van der Waals surface area contributed by atoms with E-state index >= 15 is 0 Å². The number of anilines is 1. The van der Waals surface area contributed by atoms with Gasteiger partial charge in [-0.25, -0.2) is 4.98 Å². The van der Waals surface area contributed by atoms with Gasteiger partial charge in [0.05, 0.1) is 21.3 Å². The molecule has 0 aliphatic rings. The average molecular weight is 235 g/mol. The maximum absolute atomic E-state index is 11.4. The number of hydrogen-bond acceptors (Lipinski definition) is 4. The fourth-order valence-corrected chi connectivity index (χ4v) is 2.24. The van der Waals surface area contributed by atoms with Crippen LogP contribution in [0.1, 0.15) is 11.9 Å². The molecule has 0 bridgehead atoms. The van der Waals surface area contributed by atoms with Gasteiger partial charge in [0.15, 0.2) is 0 Å². The molecule has 0 saturated heterocycles. The van der Waals surface area contributed by atoms with Crippen molar-refractivity contribution in [2.45, 2.75) is 19.9 Å². The van der Waals surface area contributed by atoms with Crippen LogP contribution in [0.15, 0.2) is 18.2 Å². The van der Waals surface area contributed by atoms with Gasteiger partial charge in [-0.05, 0) is 32.0 Å². The summed E-state index contributed by atoms with van der Waals surface area (Å²) in [5, 5.41) is 3.78. The lowest BCUT2D eigenvalue weighted by atomic mass is 10.2. The van der Waals surface area contributed by atoms with Gasteiger partial charge in [-0.15, -0.1) is 11.3 Å². The van der Waals surface area contributed by atoms with E-state index in [0.717, 1.165) is 20.9 Å². The third-order valence-corrected chi connectivity index (χ3v) is 3.11. The maximum atomic E-state index is 11.4. The Bertz CT molecular complexity index is 533. The summed E-state index contributed by atoms with van der Waals surface area (Å²) < 4.78 is 1.07. The first kappa shape index (κ1) is 11.0. The third kappa shape index (κ3) is 2.20. The fourth-order valence-electron chi connectivity index (χ4n) is 1.37. The van der Waals surface area contributed by atoms with Crippen LogP contribution in [0, 0.1) is 6.92 Å². The maximum Gasteiger partial charge on any atom is 0.240 e. The van der Waals surface area contributed by atoms with E-state index in [1.165, 1.54) is 0 Å². The first-order valence-electron chi connectivity index (χ1n) is 5.00. The van der Waals surface area contributed by atoms with Crippen LogP contribution < -0.4 is 11.1 Å². The van der Waals surface area contributed by atoms with E-state index in [1.807, 2.05) is 25.1 Å². The summed E-state index contributed by atoms with van der Waals surface area (Å²) in [6, 6.07) is 5.15. The Morgan fingerprint density at radius 3 is 3.00 bits per heavy atom. The second-order valence-electron chi connectivity index (χ2n) is 3.69. The molecule has 1 atom stereocenters. The van der Waals surface area contributed by atoms with Gasteiger partial charge in [0.1, 0.15) is 0 Å². The summed E-state index contributed by atoms with van der Waals surface area (Å²) in [6.07, 6.45) is 0. The highest BCUT2D eigenvalue weighted by Gasteiger charge is 2.08. The van der Waals surface area contributed by atoms with Gasteiger partial charge < -0.3 is 11.1 Å². The molecule has 16 heavy (non-hydrogen) atoms. The molecule has 0 fully saturated rings. The molecule has 2 aromatic rings. The Morgan fingerprint density at radius 1 is 1.56 bits per heavy atom. The zero-order chi connectivity index (χ0) is 11.7. The molecule has 1 aromatic carbocycles. The number of nitrogens with zero attached hydrogens (tertiary/aromatic N) is 1. The van der Waals surface area contributed by atoms with Crippen molar-refractivity contribution in [3.8, 4) is 0 Å². The van der Waals surface area contributed by atoms with Crippen molar-refractivity contribution in [3.05, 3.63) is 23.2 Å². The largest absolute Gasteiger partial charge is 0.325 e. The van der Waals surface area contributed by atoms with Crippen molar-refractivity contribution in [2.24, 2.45) is 5.73 Å². The quantitative estimate of drug-likeness (QED) is 0.835. The zero-order valence-corrected chi connectivity index (χ0v) is 9.97. The van der Waals surface area contributed by atoms with Crippen LogP contribution in [0.25, 0.3) is 10.2 Å². The third-order valence-electron chi connectivity index (χ3n) is 2.18.